The van der Waals surface area contributed by atoms with Gasteiger partial charge in [0.1, 0.15) is 0 Å². The minimum Gasteiger partial charge on any atom is -0.389 e. The van der Waals surface area contributed by atoms with Gasteiger partial charge in [-0.2, -0.15) is 0 Å². The summed E-state index contributed by atoms with van der Waals surface area (Å²) < 4.78 is 1.10. The molecule has 0 aliphatic heterocycles. The highest BCUT2D eigenvalue weighted by molar-refractivity contribution is 9.10. The molecule has 72 valence electrons. The Balaban J connectivity index is 2.03. The molecule has 0 aromatic carbocycles. The Kier molecular flexibility index (Phi) is 2.49. The van der Waals surface area contributed by atoms with Crippen LogP contribution in [0, 0.1) is 0 Å². The van der Waals surface area contributed by atoms with Crippen LogP contribution in [0.3, 0.4) is 0 Å². The van der Waals surface area contributed by atoms with E-state index in [1.165, 1.54) is 4.88 Å². The quantitative estimate of drug-likeness (QED) is 0.855. The first kappa shape index (κ1) is 9.65. The van der Waals surface area contributed by atoms with Crippen molar-refractivity contribution < 1.29 is 5.11 Å². The smallest absolute Gasteiger partial charge is 0.0725 e. The highest BCUT2D eigenvalue weighted by Gasteiger charge is 2.41. The van der Waals surface area contributed by atoms with E-state index in [1.807, 2.05) is 11.4 Å². The summed E-state index contributed by atoms with van der Waals surface area (Å²) in [6, 6.07) is 2.21. The molecule has 1 heterocycles. The molecule has 0 bridgehead atoms. The molecule has 1 saturated carbocycles. The predicted octanol–water partition coefficient (Wildman–Crippen LogP) is 1.91. The van der Waals surface area contributed by atoms with E-state index in [4.69, 9.17) is 5.73 Å². The molecule has 0 radical (unpaired) electrons. The molecule has 1 aliphatic carbocycles. The van der Waals surface area contributed by atoms with Gasteiger partial charge >= 0.3 is 0 Å². The lowest BCUT2D eigenvalue weighted by atomic mass is 9.74. The average Bonchev–Trinajstić information content (AvgIpc) is 2.33. The second-order valence-electron chi connectivity index (χ2n) is 3.76. The molecule has 0 spiro atoms. The monoisotopic (exact) mass is 261 g/mol. The summed E-state index contributed by atoms with van der Waals surface area (Å²) in [4.78, 5) is 1.22. The third kappa shape index (κ3) is 1.96. The van der Waals surface area contributed by atoms with E-state index < -0.39 is 5.60 Å². The van der Waals surface area contributed by atoms with Gasteiger partial charge in [-0.15, -0.1) is 11.3 Å². The fourth-order valence-corrected chi connectivity index (χ4v) is 3.44. The van der Waals surface area contributed by atoms with Gasteiger partial charge in [0.2, 0.25) is 0 Å². The maximum atomic E-state index is 9.98. The van der Waals surface area contributed by atoms with E-state index in [2.05, 4.69) is 15.9 Å². The van der Waals surface area contributed by atoms with Crippen molar-refractivity contribution in [2.45, 2.75) is 30.9 Å². The Morgan fingerprint density at radius 1 is 1.69 bits per heavy atom. The molecule has 1 fully saturated rings. The number of rotatable bonds is 2. The van der Waals surface area contributed by atoms with Gasteiger partial charge < -0.3 is 10.8 Å². The molecule has 0 saturated heterocycles. The summed E-state index contributed by atoms with van der Waals surface area (Å²) in [5, 5.41) is 12.0. The van der Waals surface area contributed by atoms with Crippen LogP contribution in [-0.4, -0.2) is 16.7 Å². The third-order valence-electron chi connectivity index (χ3n) is 2.46. The minimum atomic E-state index is -0.535. The van der Waals surface area contributed by atoms with Gasteiger partial charge in [-0.05, 0) is 40.2 Å². The largest absolute Gasteiger partial charge is 0.389 e. The molecular formula is C9H12BrNOS. The summed E-state index contributed by atoms with van der Waals surface area (Å²) in [7, 11) is 0. The van der Waals surface area contributed by atoms with E-state index in [1.54, 1.807) is 11.3 Å². The van der Waals surface area contributed by atoms with Crippen molar-refractivity contribution in [1.82, 2.24) is 0 Å². The van der Waals surface area contributed by atoms with Gasteiger partial charge in [-0.1, -0.05) is 0 Å². The van der Waals surface area contributed by atoms with Crippen molar-refractivity contribution in [2.75, 3.05) is 0 Å². The average molecular weight is 262 g/mol. The van der Waals surface area contributed by atoms with Crippen molar-refractivity contribution in [3.05, 3.63) is 20.8 Å². The van der Waals surface area contributed by atoms with E-state index >= 15 is 0 Å². The molecule has 0 atom stereocenters. The second kappa shape index (κ2) is 3.35. The van der Waals surface area contributed by atoms with Gasteiger partial charge in [0.25, 0.3) is 0 Å². The standard InChI is InChI=1S/C9H12BrNOS/c10-7-1-2-13-8(7)5-9(12)3-6(11)4-9/h1-2,6,12H,3-5,11H2. The number of hydrogen-bond acceptors (Lipinski definition) is 3. The molecule has 0 unspecified atom stereocenters. The highest BCUT2D eigenvalue weighted by Crippen LogP contribution is 2.37. The highest BCUT2D eigenvalue weighted by atomic mass is 79.9. The summed E-state index contributed by atoms with van der Waals surface area (Å²) in [6.45, 7) is 0. The summed E-state index contributed by atoms with van der Waals surface area (Å²) in [5.41, 5.74) is 5.12. The Hall–Kier alpha value is 0.100. The first-order valence-electron chi connectivity index (χ1n) is 4.29. The molecule has 3 N–H and O–H groups in total. The second-order valence-corrected chi connectivity index (χ2v) is 5.62. The summed E-state index contributed by atoms with van der Waals surface area (Å²) >= 11 is 5.13. The van der Waals surface area contributed by atoms with E-state index in [0.29, 0.717) is 0 Å². The maximum Gasteiger partial charge on any atom is 0.0725 e. The van der Waals surface area contributed by atoms with Gasteiger partial charge in [-0.3, -0.25) is 0 Å². The zero-order valence-electron chi connectivity index (χ0n) is 7.16. The van der Waals surface area contributed by atoms with Crippen LogP contribution in [0.25, 0.3) is 0 Å². The molecule has 4 heteroatoms. The van der Waals surface area contributed by atoms with Crippen LogP contribution in [0.2, 0.25) is 0 Å². The first-order valence-corrected chi connectivity index (χ1v) is 5.96. The van der Waals surface area contributed by atoms with E-state index in [-0.39, 0.29) is 6.04 Å². The van der Waals surface area contributed by atoms with Crippen LogP contribution < -0.4 is 5.73 Å². The Bertz CT molecular complexity index is 306. The molecule has 1 aromatic heterocycles. The van der Waals surface area contributed by atoms with Crippen molar-refractivity contribution in [3.8, 4) is 0 Å². The van der Waals surface area contributed by atoms with Gasteiger partial charge in [0.05, 0.1) is 5.60 Å². The zero-order valence-corrected chi connectivity index (χ0v) is 9.57. The number of aliphatic hydroxyl groups is 1. The van der Waals surface area contributed by atoms with E-state index in [0.717, 1.165) is 23.7 Å². The van der Waals surface area contributed by atoms with Crippen LogP contribution in [0.15, 0.2) is 15.9 Å². The van der Waals surface area contributed by atoms with Crippen LogP contribution in [-0.2, 0) is 6.42 Å². The number of nitrogens with two attached hydrogens (primary N) is 1. The molecule has 13 heavy (non-hydrogen) atoms. The van der Waals surface area contributed by atoms with Gasteiger partial charge in [-0.25, -0.2) is 0 Å². The number of hydrogen-bond donors (Lipinski definition) is 2. The lowest BCUT2D eigenvalue weighted by Gasteiger charge is -2.41. The van der Waals surface area contributed by atoms with Crippen molar-refractivity contribution in [3.63, 3.8) is 0 Å². The summed E-state index contributed by atoms with van der Waals surface area (Å²) in [5.74, 6) is 0. The predicted molar refractivity (Wildman–Crippen MR) is 57.9 cm³/mol. The Morgan fingerprint density at radius 2 is 2.38 bits per heavy atom. The molecular weight excluding hydrogens is 250 g/mol. The first-order chi connectivity index (χ1) is 6.09. The zero-order chi connectivity index (χ0) is 9.47. The minimum absolute atomic E-state index is 0.198. The van der Waals surface area contributed by atoms with Crippen molar-refractivity contribution in [2.24, 2.45) is 5.73 Å². The molecule has 2 rings (SSSR count). The molecule has 1 aliphatic rings. The SMILES string of the molecule is NC1CC(O)(Cc2sccc2Br)C1. The lowest BCUT2D eigenvalue weighted by molar-refractivity contribution is -0.0450. The third-order valence-corrected chi connectivity index (χ3v) is 4.39. The van der Waals surface area contributed by atoms with Crippen molar-refractivity contribution >= 4 is 27.3 Å². The fraction of sp³-hybridized carbons (Fsp3) is 0.556. The Labute approximate surface area is 89.9 Å². The van der Waals surface area contributed by atoms with E-state index in [9.17, 15) is 5.11 Å². The fourth-order valence-electron chi connectivity index (χ4n) is 1.81. The van der Waals surface area contributed by atoms with Gasteiger partial charge in [0, 0.05) is 21.8 Å². The molecule has 0 amide bonds. The summed E-state index contributed by atoms with van der Waals surface area (Å²) in [6.07, 6.45) is 2.20. The number of thiophene rings is 1. The van der Waals surface area contributed by atoms with Crippen LogP contribution in [0.4, 0.5) is 0 Å². The van der Waals surface area contributed by atoms with Crippen LogP contribution in [0.1, 0.15) is 17.7 Å². The number of halogens is 1. The normalized spacial score (nSPS) is 33.0. The van der Waals surface area contributed by atoms with Crippen LogP contribution >= 0.6 is 27.3 Å². The Morgan fingerprint density at radius 3 is 2.85 bits per heavy atom. The molecule has 2 nitrogen and oxygen atoms in total. The van der Waals surface area contributed by atoms with Crippen LogP contribution in [0.5, 0.6) is 0 Å². The van der Waals surface area contributed by atoms with Crippen molar-refractivity contribution in [1.29, 1.82) is 0 Å². The van der Waals surface area contributed by atoms with Gasteiger partial charge in [0.15, 0.2) is 0 Å². The lowest BCUT2D eigenvalue weighted by Crippen LogP contribution is -2.52. The topological polar surface area (TPSA) is 46.2 Å². The maximum absolute atomic E-state index is 9.98. The molecule has 1 aromatic rings.